The van der Waals surface area contributed by atoms with Crippen molar-refractivity contribution in [2.45, 2.75) is 25.7 Å². The second kappa shape index (κ2) is 4.41. The molecule has 3 heteroatoms. The monoisotopic (exact) mass is 232 g/mol. The summed E-state index contributed by atoms with van der Waals surface area (Å²) >= 11 is 0. The predicted octanol–water partition coefficient (Wildman–Crippen LogP) is 2.80. The summed E-state index contributed by atoms with van der Waals surface area (Å²) in [4.78, 5) is 3.31. The number of ether oxygens (including phenoxy) is 1. The summed E-state index contributed by atoms with van der Waals surface area (Å²) in [6.45, 7) is 5.15. The van der Waals surface area contributed by atoms with Gasteiger partial charge >= 0.3 is 0 Å². The van der Waals surface area contributed by atoms with Crippen molar-refractivity contribution in [2.24, 2.45) is 5.73 Å². The highest BCUT2D eigenvalue weighted by atomic mass is 16.5. The topological polar surface area (TPSA) is 51.0 Å². The Morgan fingerprint density at radius 2 is 2.12 bits per heavy atom. The number of hydrogen-bond acceptors (Lipinski definition) is 2. The number of hydrogen-bond donors (Lipinski definition) is 2. The van der Waals surface area contributed by atoms with Gasteiger partial charge in [-0.3, -0.25) is 0 Å². The van der Waals surface area contributed by atoms with Gasteiger partial charge in [0, 0.05) is 11.6 Å². The molecule has 1 aromatic carbocycles. The van der Waals surface area contributed by atoms with Crippen LogP contribution in [0.25, 0.3) is 10.9 Å². The molecule has 92 valence electrons. The summed E-state index contributed by atoms with van der Waals surface area (Å²) in [6, 6.07) is 6.12. The maximum atomic E-state index is 5.69. The van der Waals surface area contributed by atoms with Gasteiger partial charge in [0.05, 0.1) is 12.6 Å². The van der Waals surface area contributed by atoms with Gasteiger partial charge in [0.25, 0.3) is 0 Å². The number of nitrogens with two attached hydrogens (primary N) is 1. The van der Waals surface area contributed by atoms with Gasteiger partial charge in [-0.15, -0.1) is 0 Å². The Labute approximate surface area is 102 Å². The summed E-state index contributed by atoms with van der Waals surface area (Å²) in [5.41, 5.74) is 8.14. The number of benzene rings is 1. The van der Waals surface area contributed by atoms with Crippen LogP contribution in [0.2, 0.25) is 0 Å². The Bertz CT molecular complexity index is 514. The molecule has 0 spiro atoms. The maximum absolute atomic E-state index is 5.69. The number of methoxy groups -OCH3 is 1. The fraction of sp³-hybridized carbons (Fsp3) is 0.429. The molecule has 0 amide bonds. The first-order valence-electron chi connectivity index (χ1n) is 5.95. The smallest absolute Gasteiger partial charge is 0.142 e. The molecule has 0 atom stereocenters. The van der Waals surface area contributed by atoms with Gasteiger partial charge in [-0.05, 0) is 30.0 Å². The lowest BCUT2D eigenvalue weighted by Crippen LogP contribution is -2.21. The highest BCUT2D eigenvalue weighted by molar-refractivity contribution is 5.89. The average Bonchev–Trinajstić information content (AvgIpc) is 2.72. The lowest BCUT2D eigenvalue weighted by Gasteiger charge is -2.23. The van der Waals surface area contributed by atoms with Crippen molar-refractivity contribution in [3.8, 4) is 5.75 Å². The van der Waals surface area contributed by atoms with Crippen molar-refractivity contribution >= 4 is 10.9 Å². The molecule has 0 aliphatic carbocycles. The largest absolute Gasteiger partial charge is 0.495 e. The zero-order chi connectivity index (χ0) is 12.5. The number of aromatic nitrogens is 1. The summed E-state index contributed by atoms with van der Waals surface area (Å²) < 4.78 is 5.36. The lowest BCUT2D eigenvalue weighted by atomic mass is 9.81. The Morgan fingerprint density at radius 3 is 2.76 bits per heavy atom. The van der Waals surface area contributed by atoms with E-state index in [4.69, 9.17) is 10.5 Å². The fourth-order valence-electron chi connectivity index (χ4n) is 2.35. The quantitative estimate of drug-likeness (QED) is 0.851. The number of para-hydroxylation sites is 1. The zero-order valence-electron chi connectivity index (χ0n) is 10.7. The van der Waals surface area contributed by atoms with Crippen molar-refractivity contribution in [3.05, 3.63) is 30.0 Å². The van der Waals surface area contributed by atoms with Crippen molar-refractivity contribution < 1.29 is 4.74 Å². The third-order valence-electron chi connectivity index (χ3n) is 3.40. The van der Waals surface area contributed by atoms with Gasteiger partial charge in [-0.25, -0.2) is 0 Å². The summed E-state index contributed by atoms with van der Waals surface area (Å²) in [6.07, 6.45) is 3.04. The van der Waals surface area contributed by atoms with Crippen LogP contribution in [0.15, 0.2) is 24.4 Å². The van der Waals surface area contributed by atoms with Crippen molar-refractivity contribution in [2.75, 3.05) is 13.7 Å². The maximum Gasteiger partial charge on any atom is 0.142 e. The third kappa shape index (κ3) is 2.03. The molecule has 3 nitrogen and oxygen atoms in total. The minimum atomic E-state index is 0.0827. The highest BCUT2D eigenvalue weighted by Gasteiger charge is 2.23. The number of aromatic amines is 1. The molecular formula is C14H20N2O. The van der Waals surface area contributed by atoms with Crippen LogP contribution in [0, 0.1) is 0 Å². The first-order valence-corrected chi connectivity index (χ1v) is 5.95. The van der Waals surface area contributed by atoms with E-state index in [1.807, 2.05) is 12.1 Å². The first-order chi connectivity index (χ1) is 8.10. The molecule has 0 aliphatic heterocycles. The second-order valence-corrected chi connectivity index (χ2v) is 5.01. The van der Waals surface area contributed by atoms with Crippen molar-refractivity contribution in [1.82, 2.24) is 4.98 Å². The second-order valence-electron chi connectivity index (χ2n) is 5.01. The minimum Gasteiger partial charge on any atom is -0.495 e. The third-order valence-corrected chi connectivity index (χ3v) is 3.40. The van der Waals surface area contributed by atoms with Gasteiger partial charge < -0.3 is 15.5 Å². The molecule has 0 aliphatic rings. The van der Waals surface area contributed by atoms with Crippen LogP contribution in [0.3, 0.4) is 0 Å². The molecular weight excluding hydrogens is 212 g/mol. The van der Waals surface area contributed by atoms with Gasteiger partial charge in [0.15, 0.2) is 0 Å². The molecule has 1 aromatic heterocycles. The van der Waals surface area contributed by atoms with Crippen LogP contribution in [0.4, 0.5) is 0 Å². The fourth-order valence-corrected chi connectivity index (χ4v) is 2.35. The van der Waals surface area contributed by atoms with E-state index in [1.165, 1.54) is 10.9 Å². The van der Waals surface area contributed by atoms with E-state index in [0.29, 0.717) is 6.54 Å². The van der Waals surface area contributed by atoms with E-state index in [9.17, 15) is 0 Å². The Morgan fingerprint density at radius 1 is 1.35 bits per heavy atom. The molecule has 2 aromatic rings. The molecule has 17 heavy (non-hydrogen) atoms. The van der Waals surface area contributed by atoms with E-state index >= 15 is 0 Å². The summed E-state index contributed by atoms with van der Waals surface area (Å²) in [5, 5.41) is 1.22. The zero-order valence-corrected chi connectivity index (χ0v) is 10.7. The predicted molar refractivity (Wildman–Crippen MR) is 71.5 cm³/mol. The summed E-state index contributed by atoms with van der Waals surface area (Å²) in [7, 11) is 1.69. The van der Waals surface area contributed by atoms with E-state index in [1.54, 1.807) is 7.11 Å². The molecule has 0 bridgehead atoms. The highest BCUT2D eigenvalue weighted by Crippen LogP contribution is 2.35. The van der Waals surface area contributed by atoms with Gasteiger partial charge in [0.1, 0.15) is 5.75 Å². The van der Waals surface area contributed by atoms with E-state index in [2.05, 4.69) is 31.1 Å². The van der Waals surface area contributed by atoms with Crippen molar-refractivity contribution in [3.63, 3.8) is 0 Å². The molecule has 0 radical (unpaired) electrons. The Balaban J connectivity index is 2.57. The van der Waals surface area contributed by atoms with E-state index in [0.717, 1.165) is 17.7 Å². The Hall–Kier alpha value is -1.48. The van der Waals surface area contributed by atoms with Crippen LogP contribution in [-0.2, 0) is 5.41 Å². The standard InChI is InChI=1S/C14H20N2O/c1-14(2,7-8-15)11-9-16-13-10(11)5-4-6-12(13)17-3/h4-6,9,16H,7-8,15H2,1-3H3. The van der Waals surface area contributed by atoms with Gasteiger partial charge in [-0.1, -0.05) is 26.0 Å². The molecule has 3 N–H and O–H groups in total. The molecule has 0 unspecified atom stereocenters. The van der Waals surface area contributed by atoms with Crippen LogP contribution in [-0.4, -0.2) is 18.6 Å². The Kier molecular flexibility index (Phi) is 3.11. The average molecular weight is 232 g/mol. The number of nitrogens with one attached hydrogen (secondary N) is 1. The van der Waals surface area contributed by atoms with E-state index in [-0.39, 0.29) is 5.41 Å². The van der Waals surface area contributed by atoms with Gasteiger partial charge in [0.2, 0.25) is 0 Å². The van der Waals surface area contributed by atoms with E-state index < -0.39 is 0 Å². The van der Waals surface area contributed by atoms with Crippen LogP contribution in [0.1, 0.15) is 25.8 Å². The number of H-pyrrole nitrogens is 1. The first kappa shape index (κ1) is 12.0. The van der Waals surface area contributed by atoms with Crippen LogP contribution < -0.4 is 10.5 Å². The lowest BCUT2D eigenvalue weighted by molar-refractivity contribution is 0.419. The summed E-state index contributed by atoms with van der Waals surface area (Å²) in [5.74, 6) is 0.886. The van der Waals surface area contributed by atoms with Gasteiger partial charge in [-0.2, -0.15) is 0 Å². The molecule has 0 saturated carbocycles. The molecule has 0 fully saturated rings. The normalized spacial score (nSPS) is 12.0. The molecule has 2 rings (SSSR count). The SMILES string of the molecule is COc1cccc2c(C(C)(C)CCN)c[nH]c12. The van der Waals surface area contributed by atoms with Crippen molar-refractivity contribution in [1.29, 1.82) is 0 Å². The van der Waals surface area contributed by atoms with Crippen LogP contribution >= 0.6 is 0 Å². The number of fused-ring (bicyclic) bond motifs is 1. The number of rotatable bonds is 4. The minimum absolute atomic E-state index is 0.0827. The van der Waals surface area contributed by atoms with Crippen LogP contribution in [0.5, 0.6) is 5.75 Å². The molecule has 0 saturated heterocycles. The molecule has 1 heterocycles.